The Bertz CT molecular complexity index is 2860. The molecular weight excluding hydrogens is 996 g/mol. The van der Waals surface area contributed by atoms with Crippen molar-refractivity contribution >= 4 is 44.5 Å². The molecule has 7 rings (SSSR count). The number of carbonyl (C=O) groups is 4. The lowest BCUT2D eigenvalue weighted by Crippen LogP contribution is -2.50. The number of piperidine rings is 1. The number of halogens is 1. The van der Waals surface area contributed by atoms with Crippen molar-refractivity contribution in [3.8, 4) is 5.75 Å². The zero-order valence-electron chi connectivity index (χ0n) is 41.6. The van der Waals surface area contributed by atoms with E-state index in [4.69, 9.17) is 33.5 Å². The highest BCUT2D eigenvalue weighted by Gasteiger charge is 2.31. The number of benzene rings is 4. The number of hydrogen-bond acceptors (Lipinski definition) is 14. The molecule has 0 saturated carbocycles. The molecule has 20 nitrogen and oxygen atoms in total. The molecule has 0 aliphatic carbocycles. The summed E-state index contributed by atoms with van der Waals surface area (Å²) in [6, 6.07) is 24.7. The summed E-state index contributed by atoms with van der Waals surface area (Å²) in [5.74, 6) is -2.04. The van der Waals surface area contributed by atoms with E-state index >= 15 is 0 Å². The van der Waals surface area contributed by atoms with Gasteiger partial charge in [0.25, 0.3) is 17.4 Å². The SMILES string of the molecule is O=C(O)CNC(=O)c1ccc(S(=O)(=O)N2CCC(c3ccc(OCCOCCOCCOCCOCCOCCC(=O)N4CCN(C(=O)c5cc(Cc6n[nH]c(=O)c7ccccc67)ccc5F)CC4)cc3)CC2)cc1. The summed E-state index contributed by atoms with van der Waals surface area (Å²) in [6.07, 6.45) is 1.78. The third kappa shape index (κ3) is 16.4. The molecule has 3 N–H and O–H groups in total. The maximum absolute atomic E-state index is 14.9. The number of nitrogens with zero attached hydrogens (tertiary/aromatic N) is 4. The van der Waals surface area contributed by atoms with Crippen LogP contribution in [0.3, 0.4) is 0 Å². The second-order valence-corrected chi connectivity index (χ2v) is 19.7. The largest absolute Gasteiger partial charge is 0.491 e. The number of aliphatic carboxylic acids is 1. The van der Waals surface area contributed by atoms with Gasteiger partial charge in [0.1, 0.15) is 24.7 Å². The summed E-state index contributed by atoms with van der Waals surface area (Å²) in [7, 11) is -3.76. The Morgan fingerprint density at radius 3 is 1.88 bits per heavy atom. The van der Waals surface area contributed by atoms with Gasteiger partial charge in [-0.05, 0) is 84.5 Å². The van der Waals surface area contributed by atoms with Gasteiger partial charge < -0.3 is 48.6 Å². The Balaban J connectivity index is 0.647. The molecule has 3 amide bonds. The molecule has 0 atom stereocenters. The predicted molar refractivity (Wildman–Crippen MR) is 272 cm³/mol. The first-order chi connectivity index (χ1) is 36.4. The first kappa shape index (κ1) is 56.1. The number of carbonyl (C=O) groups excluding carboxylic acids is 3. The number of hydrogen-bond donors (Lipinski definition) is 3. The fourth-order valence-electron chi connectivity index (χ4n) is 8.64. The minimum atomic E-state index is -3.76. The van der Waals surface area contributed by atoms with E-state index in [-0.39, 0.29) is 59.5 Å². The third-order valence-electron chi connectivity index (χ3n) is 12.7. The lowest BCUT2D eigenvalue weighted by molar-refractivity contribution is -0.136. The van der Waals surface area contributed by atoms with Crippen molar-refractivity contribution in [1.29, 1.82) is 0 Å². The minimum absolute atomic E-state index is 0.0530. The number of nitrogens with one attached hydrogen (secondary N) is 2. The van der Waals surface area contributed by atoms with E-state index in [2.05, 4.69) is 15.5 Å². The van der Waals surface area contributed by atoms with Crippen molar-refractivity contribution in [2.45, 2.75) is 36.5 Å². The van der Waals surface area contributed by atoms with Crippen LogP contribution in [0.5, 0.6) is 5.75 Å². The molecule has 2 saturated heterocycles. The summed E-state index contributed by atoms with van der Waals surface area (Å²) < 4.78 is 76.6. The van der Waals surface area contributed by atoms with Crippen LogP contribution in [0.2, 0.25) is 0 Å². The zero-order valence-corrected chi connectivity index (χ0v) is 42.4. The number of sulfonamides is 1. The Kier molecular flexibility index (Phi) is 21.2. The van der Waals surface area contributed by atoms with Crippen molar-refractivity contribution in [3.05, 3.63) is 135 Å². The van der Waals surface area contributed by atoms with Crippen molar-refractivity contribution in [2.24, 2.45) is 0 Å². The summed E-state index contributed by atoms with van der Waals surface area (Å²) in [5.41, 5.74) is 2.20. The molecule has 4 aromatic carbocycles. The van der Waals surface area contributed by atoms with Gasteiger partial charge in [-0.3, -0.25) is 24.0 Å². The third-order valence-corrected chi connectivity index (χ3v) is 14.6. The van der Waals surface area contributed by atoms with Gasteiger partial charge in [-0.2, -0.15) is 9.40 Å². The van der Waals surface area contributed by atoms with Crippen LogP contribution in [-0.2, 0) is 49.7 Å². The van der Waals surface area contributed by atoms with Gasteiger partial charge >= 0.3 is 5.97 Å². The van der Waals surface area contributed by atoms with Crippen LogP contribution in [0.1, 0.15) is 62.7 Å². The van der Waals surface area contributed by atoms with E-state index in [1.54, 1.807) is 34.1 Å². The molecule has 2 aliphatic heterocycles. The molecule has 0 spiro atoms. The number of aromatic nitrogens is 2. The molecule has 402 valence electrons. The molecule has 0 radical (unpaired) electrons. The Hall–Kier alpha value is -6.66. The average Bonchev–Trinajstić information content (AvgIpc) is 3.43. The van der Waals surface area contributed by atoms with Crippen LogP contribution in [0.4, 0.5) is 4.39 Å². The molecule has 2 fully saturated rings. The van der Waals surface area contributed by atoms with Gasteiger partial charge in [-0.25, -0.2) is 17.9 Å². The molecule has 5 aromatic rings. The molecule has 0 bridgehead atoms. The number of amides is 3. The monoisotopic (exact) mass is 1060 g/mol. The van der Waals surface area contributed by atoms with Crippen LogP contribution in [0, 0.1) is 5.82 Å². The maximum Gasteiger partial charge on any atom is 0.322 e. The highest BCUT2D eigenvalue weighted by molar-refractivity contribution is 7.89. The summed E-state index contributed by atoms with van der Waals surface area (Å²) in [6.45, 7) is 5.39. The average molecular weight is 1060 g/mol. The van der Waals surface area contributed by atoms with Gasteiger partial charge in [-0.1, -0.05) is 36.4 Å². The standard InChI is InChI=1S/C53H63FN6O14S/c54-47-14-5-38(36-48-44-3-1-2-4-45(44)52(65)57-56-48)35-46(47)53(66)59-22-20-58(21-23-59)49(61)17-24-69-25-26-70-27-28-71-29-30-72-31-32-73-33-34-74-42-10-6-39(7-11-42)40-15-18-60(19-16-40)75(67,68)43-12-8-41(9-13-43)51(64)55-37-50(62)63/h1-14,35,40H,15-34,36-37H2,(H,55,64)(H,57,65)(H,62,63). The number of carboxylic acids is 1. The van der Waals surface area contributed by atoms with Crippen LogP contribution in [0.15, 0.2) is 101 Å². The summed E-state index contributed by atoms with van der Waals surface area (Å²) in [4.78, 5) is 64.5. The van der Waals surface area contributed by atoms with Crippen LogP contribution < -0.4 is 15.6 Å². The first-order valence-electron chi connectivity index (χ1n) is 24.9. The number of piperazine rings is 1. The van der Waals surface area contributed by atoms with Crippen molar-refractivity contribution in [3.63, 3.8) is 0 Å². The van der Waals surface area contributed by atoms with Crippen LogP contribution in [0.25, 0.3) is 10.8 Å². The highest BCUT2D eigenvalue weighted by Crippen LogP contribution is 2.32. The summed E-state index contributed by atoms with van der Waals surface area (Å²) in [5, 5.41) is 18.9. The van der Waals surface area contributed by atoms with E-state index < -0.39 is 40.2 Å². The van der Waals surface area contributed by atoms with Crippen LogP contribution in [-0.4, -0.2) is 180 Å². The van der Waals surface area contributed by atoms with Crippen molar-refractivity contribution in [1.82, 2.24) is 29.6 Å². The van der Waals surface area contributed by atoms with Gasteiger partial charge in [0, 0.05) is 56.6 Å². The summed E-state index contributed by atoms with van der Waals surface area (Å²) >= 11 is 0. The predicted octanol–water partition coefficient (Wildman–Crippen LogP) is 3.87. The van der Waals surface area contributed by atoms with E-state index in [1.807, 2.05) is 30.3 Å². The molecule has 22 heteroatoms. The van der Waals surface area contributed by atoms with Gasteiger partial charge in [0.15, 0.2) is 0 Å². The van der Waals surface area contributed by atoms with Crippen molar-refractivity contribution in [2.75, 3.05) is 118 Å². The number of ether oxygens (including phenoxy) is 6. The van der Waals surface area contributed by atoms with Crippen LogP contribution >= 0.6 is 0 Å². The Morgan fingerprint density at radius 1 is 0.693 bits per heavy atom. The zero-order chi connectivity index (χ0) is 53.0. The fraction of sp³-hybridized carbons (Fsp3) is 0.434. The number of rotatable bonds is 28. The smallest absolute Gasteiger partial charge is 0.322 e. The van der Waals surface area contributed by atoms with Crippen molar-refractivity contribution < 1.29 is 65.5 Å². The quantitative estimate of drug-likeness (QED) is 0.0602. The number of aromatic amines is 1. The van der Waals surface area contributed by atoms with Gasteiger partial charge in [0.2, 0.25) is 15.9 Å². The maximum atomic E-state index is 14.9. The molecule has 3 heterocycles. The Labute approximate surface area is 434 Å². The van der Waals surface area contributed by atoms with E-state index in [0.717, 1.165) is 5.56 Å². The lowest BCUT2D eigenvalue weighted by Gasteiger charge is -2.35. The van der Waals surface area contributed by atoms with Gasteiger partial charge in [-0.15, -0.1) is 0 Å². The number of carboxylic acid groups (broad SMARTS) is 1. The number of fused-ring (bicyclic) bond motifs is 1. The minimum Gasteiger partial charge on any atom is -0.491 e. The lowest BCUT2D eigenvalue weighted by atomic mass is 9.90. The topological polar surface area (TPSA) is 246 Å². The molecule has 75 heavy (non-hydrogen) atoms. The van der Waals surface area contributed by atoms with E-state index in [1.165, 1.54) is 40.7 Å². The highest BCUT2D eigenvalue weighted by atomic mass is 32.2. The Morgan fingerprint density at radius 2 is 1.27 bits per heavy atom. The second-order valence-electron chi connectivity index (χ2n) is 17.7. The molecule has 1 aromatic heterocycles. The molecular formula is C53H63FN6O14S. The normalized spacial score (nSPS) is 14.5. The first-order valence-corrected chi connectivity index (χ1v) is 26.3. The fourth-order valence-corrected chi connectivity index (χ4v) is 10.1. The second kappa shape index (κ2) is 28.3. The molecule has 0 unspecified atom stereocenters. The van der Waals surface area contributed by atoms with E-state index in [9.17, 15) is 36.8 Å². The molecule has 2 aliphatic rings. The number of H-pyrrole nitrogens is 1. The van der Waals surface area contributed by atoms with E-state index in [0.29, 0.717) is 139 Å². The van der Waals surface area contributed by atoms with Gasteiger partial charge in [0.05, 0.1) is 94.0 Å².